The third-order valence-corrected chi connectivity index (χ3v) is 3.97. The van der Waals surface area contributed by atoms with E-state index in [1.54, 1.807) is 6.92 Å². The molecule has 0 aromatic heterocycles. The Morgan fingerprint density at radius 1 is 1.23 bits per heavy atom. The van der Waals surface area contributed by atoms with Gasteiger partial charge in [0.1, 0.15) is 0 Å². The van der Waals surface area contributed by atoms with Crippen LogP contribution >= 0.6 is 0 Å². The second-order valence-electron chi connectivity index (χ2n) is 5.03. The number of carbonyl (C=O) groups is 2. The molecule has 9 nitrogen and oxygen atoms in total. The SMILES string of the molecule is CC[C@]1(c2ccc([N+](=O)[O-])cc2[N+](=O)[O-])CCC(=O)NC1=O. The van der Waals surface area contributed by atoms with Crippen LogP contribution in [0, 0.1) is 20.2 Å². The Bertz CT molecular complexity index is 686. The van der Waals surface area contributed by atoms with Crippen LogP contribution in [0.3, 0.4) is 0 Å². The second kappa shape index (κ2) is 5.51. The first-order chi connectivity index (χ1) is 10.3. The molecule has 116 valence electrons. The largest absolute Gasteiger partial charge is 0.296 e. The average Bonchev–Trinajstić information content (AvgIpc) is 2.47. The molecule has 0 unspecified atom stereocenters. The number of benzene rings is 1. The quantitative estimate of drug-likeness (QED) is 0.510. The Morgan fingerprint density at radius 2 is 1.91 bits per heavy atom. The summed E-state index contributed by atoms with van der Waals surface area (Å²) in [4.78, 5) is 44.1. The fourth-order valence-corrected chi connectivity index (χ4v) is 2.72. The predicted octanol–water partition coefficient (Wildman–Crippen LogP) is 1.59. The van der Waals surface area contributed by atoms with E-state index in [0.29, 0.717) is 0 Å². The van der Waals surface area contributed by atoms with E-state index in [0.717, 1.165) is 12.1 Å². The van der Waals surface area contributed by atoms with E-state index in [2.05, 4.69) is 5.32 Å². The van der Waals surface area contributed by atoms with E-state index in [9.17, 15) is 29.8 Å². The van der Waals surface area contributed by atoms with E-state index in [4.69, 9.17) is 0 Å². The van der Waals surface area contributed by atoms with Crippen molar-refractivity contribution in [2.75, 3.05) is 0 Å². The number of rotatable bonds is 4. The Morgan fingerprint density at radius 3 is 2.41 bits per heavy atom. The summed E-state index contributed by atoms with van der Waals surface area (Å²) in [5.74, 6) is -1.04. The zero-order valence-corrected chi connectivity index (χ0v) is 11.7. The summed E-state index contributed by atoms with van der Waals surface area (Å²) in [5.41, 5.74) is -2.05. The molecule has 2 amide bonds. The number of hydrogen-bond donors (Lipinski definition) is 1. The lowest BCUT2D eigenvalue weighted by Gasteiger charge is -2.34. The standard InChI is InChI=1S/C13H13N3O6/c1-2-13(6-5-11(17)14-12(13)18)9-4-3-8(15(19)20)7-10(9)16(21)22/h3-4,7H,2,5-6H2,1H3,(H,14,17,18)/t13-/m1/s1. The number of nitro groups is 2. The van der Waals surface area contributed by atoms with E-state index in [1.807, 2.05) is 0 Å². The van der Waals surface area contributed by atoms with Gasteiger partial charge in [-0.25, -0.2) is 0 Å². The molecule has 1 fully saturated rings. The van der Waals surface area contributed by atoms with Gasteiger partial charge < -0.3 is 0 Å². The number of amides is 2. The number of carbonyl (C=O) groups excluding carboxylic acids is 2. The minimum atomic E-state index is -1.23. The summed E-state index contributed by atoms with van der Waals surface area (Å²) in [6.45, 7) is 1.68. The van der Waals surface area contributed by atoms with Gasteiger partial charge in [0.25, 0.3) is 11.4 Å². The van der Waals surface area contributed by atoms with Crippen LogP contribution in [0.5, 0.6) is 0 Å². The van der Waals surface area contributed by atoms with Gasteiger partial charge in [0.2, 0.25) is 11.8 Å². The van der Waals surface area contributed by atoms with Crippen molar-refractivity contribution in [1.82, 2.24) is 5.32 Å². The lowest BCUT2D eigenvalue weighted by molar-refractivity contribution is -0.394. The summed E-state index contributed by atoms with van der Waals surface area (Å²) in [6, 6.07) is 3.20. The zero-order valence-electron chi connectivity index (χ0n) is 11.7. The van der Waals surface area contributed by atoms with Crippen molar-refractivity contribution < 1.29 is 19.4 Å². The smallest absolute Gasteiger partial charge is 0.280 e. The molecule has 0 saturated carbocycles. The number of nitro benzene ring substituents is 2. The summed E-state index contributed by atoms with van der Waals surface area (Å²) in [6.07, 6.45) is 0.436. The summed E-state index contributed by atoms with van der Waals surface area (Å²) in [5, 5.41) is 24.2. The monoisotopic (exact) mass is 307 g/mol. The third-order valence-electron chi connectivity index (χ3n) is 3.97. The van der Waals surface area contributed by atoms with Gasteiger partial charge in [0, 0.05) is 18.1 Å². The predicted molar refractivity (Wildman–Crippen MR) is 74.1 cm³/mol. The van der Waals surface area contributed by atoms with Gasteiger partial charge in [-0.1, -0.05) is 6.92 Å². The molecule has 1 aliphatic heterocycles. The Labute approximate surface area is 124 Å². The van der Waals surface area contributed by atoms with Crippen LogP contribution in [-0.2, 0) is 15.0 Å². The van der Waals surface area contributed by atoms with Crippen LogP contribution in [0.1, 0.15) is 31.7 Å². The molecule has 0 bridgehead atoms. The van der Waals surface area contributed by atoms with Gasteiger partial charge in [-0.15, -0.1) is 0 Å². The molecular weight excluding hydrogens is 294 g/mol. The van der Waals surface area contributed by atoms with Crippen molar-refractivity contribution in [3.05, 3.63) is 44.0 Å². The highest BCUT2D eigenvalue weighted by Crippen LogP contribution is 2.41. The number of nitrogens with one attached hydrogen (secondary N) is 1. The van der Waals surface area contributed by atoms with E-state index >= 15 is 0 Å². The van der Waals surface area contributed by atoms with Gasteiger partial charge in [-0.2, -0.15) is 0 Å². The first kappa shape index (κ1) is 15.5. The lowest BCUT2D eigenvalue weighted by Crippen LogP contribution is -2.51. The molecule has 0 radical (unpaired) electrons. The minimum absolute atomic E-state index is 0.0632. The highest BCUT2D eigenvalue weighted by Gasteiger charge is 2.46. The summed E-state index contributed by atoms with van der Waals surface area (Å²) >= 11 is 0. The molecule has 1 saturated heterocycles. The van der Waals surface area contributed by atoms with Crippen molar-refractivity contribution >= 4 is 23.2 Å². The molecule has 9 heteroatoms. The molecule has 1 atom stereocenters. The number of nitrogens with zero attached hydrogens (tertiary/aromatic N) is 2. The lowest BCUT2D eigenvalue weighted by atomic mass is 9.71. The fourth-order valence-electron chi connectivity index (χ4n) is 2.72. The highest BCUT2D eigenvalue weighted by atomic mass is 16.6. The van der Waals surface area contributed by atoms with Gasteiger partial charge in [0.05, 0.1) is 21.3 Å². The average molecular weight is 307 g/mol. The normalized spacial score (nSPS) is 21.3. The van der Waals surface area contributed by atoms with E-state index in [1.165, 1.54) is 6.07 Å². The van der Waals surface area contributed by atoms with Crippen LogP contribution in [0.25, 0.3) is 0 Å². The van der Waals surface area contributed by atoms with Crippen LogP contribution < -0.4 is 5.32 Å². The molecule has 0 aliphatic carbocycles. The van der Waals surface area contributed by atoms with Crippen molar-refractivity contribution in [3.8, 4) is 0 Å². The molecule has 1 aromatic rings. The third kappa shape index (κ3) is 2.41. The van der Waals surface area contributed by atoms with Gasteiger partial charge >= 0.3 is 0 Å². The number of imide groups is 1. The number of hydrogen-bond acceptors (Lipinski definition) is 6. The van der Waals surface area contributed by atoms with Gasteiger partial charge in [0.15, 0.2) is 0 Å². The van der Waals surface area contributed by atoms with E-state index in [-0.39, 0.29) is 24.8 Å². The van der Waals surface area contributed by atoms with Crippen LogP contribution in [0.2, 0.25) is 0 Å². The maximum atomic E-state index is 12.3. The second-order valence-corrected chi connectivity index (χ2v) is 5.03. The topological polar surface area (TPSA) is 132 Å². The van der Waals surface area contributed by atoms with Crippen molar-refractivity contribution in [2.45, 2.75) is 31.6 Å². The molecular formula is C13H13N3O6. The Balaban J connectivity index is 2.63. The molecule has 0 spiro atoms. The van der Waals surface area contributed by atoms with Crippen molar-refractivity contribution in [1.29, 1.82) is 0 Å². The van der Waals surface area contributed by atoms with Gasteiger partial charge in [-0.05, 0) is 18.9 Å². The van der Waals surface area contributed by atoms with Crippen LogP contribution in [0.4, 0.5) is 11.4 Å². The zero-order chi connectivity index (χ0) is 16.5. The molecule has 2 rings (SSSR count). The molecule has 1 aromatic carbocycles. The maximum Gasteiger partial charge on any atom is 0.280 e. The Hall–Kier alpha value is -2.84. The maximum absolute atomic E-state index is 12.3. The number of non-ortho nitro benzene ring substituents is 1. The number of piperidine rings is 1. The molecule has 22 heavy (non-hydrogen) atoms. The summed E-state index contributed by atoms with van der Waals surface area (Å²) in [7, 11) is 0. The minimum Gasteiger partial charge on any atom is -0.296 e. The van der Waals surface area contributed by atoms with Crippen molar-refractivity contribution in [3.63, 3.8) is 0 Å². The summed E-state index contributed by atoms with van der Waals surface area (Å²) < 4.78 is 0. The first-order valence-corrected chi connectivity index (χ1v) is 6.59. The first-order valence-electron chi connectivity index (χ1n) is 6.59. The highest BCUT2D eigenvalue weighted by molar-refractivity contribution is 6.04. The fraction of sp³-hybridized carbons (Fsp3) is 0.385. The van der Waals surface area contributed by atoms with E-state index < -0.39 is 38.5 Å². The molecule has 1 aliphatic rings. The molecule has 1 N–H and O–H groups in total. The molecule has 1 heterocycles. The Kier molecular flexibility index (Phi) is 3.89. The van der Waals surface area contributed by atoms with Crippen molar-refractivity contribution in [2.24, 2.45) is 0 Å². The van der Waals surface area contributed by atoms with Crippen LogP contribution in [0.15, 0.2) is 18.2 Å². The van der Waals surface area contributed by atoms with Crippen LogP contribution in [-0.4, -0.2) is 21.7 Å². The van der Waals surface area contributed by atoms with Gasteiger partial charge in [-0.3, -0.25) is 35.1 Å².